The highest BCUT2D eigenvalue weighted by Gasteiger charge is 2.55. The molecule has 2 saturated heterocycles. The molecule has 3 fully saturated rings. The van der Waals surface area contributed by atoms with Crippen LogP contribution in [0.1, 0.15) is 39.5 Å². The first-order valence-electron chi connectivity index (χ1n) is 10.1. The van der Waals surface area contributed by atoms with E-state index in [-0.39, 0.29) is 17.7 Å². The average molecular weight is 408 g/mol. The Balaban J connectivity index is 1.48. The fourth-order valence-corrected chi connectivity index (χ4v) is 4.32. The number of piperazine rings is 1. The molecule has 160 valence electrons. The third-order valence-electron chi connectivity index (χ3n) is 6.22. The molecule has 1 spiro atoms. The minimum atomic E-state index is -0.929. The topological polar surface area (TPSA) is 116 Å². The molecule has 1 N–H and O–H groups in total. The molecule has 3 aliphatic rings. The third-order valence-corrected chi connectivity index (χ3v) is 6.22. The third kappa shape index (κ3) is 4.20. The van der Waals surface area contributed by atoms with Gasteiger partial charge in [0.25, 0.3) is 11.8 Å². The minimum absolute atomic E-state index is 0.00367. The van der Waals surface area contributed by atoms with E-state index in [4.69, 9.17) is 4.74 Å². The largest absolute Gasteiger partial charge is 0.454 e. The molecule has 0 aromatic heterocycles. The van der Waals surface area contributed by atoms with E-state index in [9.17, 15) is 24.0 Å². The van der Waals surface area contributed by atoms with Gasteiger partial charge in [0.15, 0.2) is 6.61 Å². The Morgan fingerprint density at radius 2 is 1.76 bits per heavy atom. The summed E-state index contributed by atoms with van der Waals surface area (Å²) in [6.07, 6.45) is 3.27. The van der Waals surface area contributed by atoms with Crippen molar-refractivity contribution in [2.75, 3.05) is 39.3 Å². The summed E-state index contributed by atoms with van der Waals surface area (Å²) in [6.45, 7) is 4.09. The Hall–Kier alpha value is -2.65. The lowest BCUT2D eigenvalue weighted by Gasteiger charge is -2.36. The van der Waals surface area contributed by atoms with Crippen LogP contribution in [0.15, 0.2) is 0 Å². The lowest BCUT2D eigenvalue weighted by atomic mass is 9.73. The Morgan fingerprint density at radius 3 is 2.38 bits per heavy atom. The van der Waals surface area contributed by atoms with Crippen LogP contribution in [0.2, 0.25) is 0 Å². The van der Waals surface area contributed by atoms with E-state index < -0.39 is 36.6 Å². The van der Waals surface area contributed by atoms with Crippen LogP contribution in [0.3, 0.4) is 0 Å². The quantitative estimate of drug-likeness (QED) is 0.505. The van der Waals surface area contributed by atoms with Gasteiger partial charge in [0.1, 0.15) is 12.1 Å². The molecule has 10 heteroatoms. The van der Waals surface area contributed by atoms with Crippen LogP contribution in [0.25, 0.3) is 0 Å². The van der Waals surface area contributed by atoms with Crippen molar-refractivity contribution in [1.29, 1.82) is 0 Å². The van der Waals surface area contributed by atoms with Crippen molar-refractivity contribution in [1.82, 2.24) is 20.0 Å². The van der Waals surface area contributed by atoms with Gasteiger partial charge < -0.3 is 19.9 Å². The van der Waals surface area contributed by atoms with Gasteiger partial charge in [-0.2, -0.15) is 0 Å². The molecule has 0 bridgehead atoms. The molecule has 5 amide bonds. The molecule has 0 aromatic carbocycles. The van der Waals surface area contributed by atoms with E-state index >= 15 is 0 Å². The molecule has 3 rings (SSSR count). The second-order valence-electron chi connectivity index (χ2n) is 7.99. The van der Waals surface area contributed by atoms with Gasteiger partial charge in [-0.3, -0.25) is 24.1 Å². The van der Waals surface area contributed by atoms with Crippen molar-refractivity contribution in [3.63, 3.8) is 0 Å². The summed E-state index contributed by atoms with van der Waals surface area (Å²) in [4.78, 5) is 64.9. The number of esters is 1. The van der Waals surface area contributed by atoms with Crippen molar-refractivity contribution in [3.8, 4) is 0 Å². The molecule has 2 atom stereocenters. The summed E-state index contributed by atoms with van der Waals surface area (Å²) in [5, 5.41) is 2.78. The van der Waals surface area contributed by atoms with Crippen molar-refractivity contribution < 1.29 is 28.7 Å². The molecule has 1 aliphatic carbocycles. The number of urea groups is 1. The minimum Gasteiger partial charge on any atom is -0.454 e. The summed E-state index contributed by atoms with van der Waals surface area (Å²) < 4.78 is 5.01. The molecule has 2 aliphatic heterocycles. The zero-order valence-corrected chi connectivity index (χ0v) is 16.9. The van der Waals surface area contributed by atoms with E-state index in [0.717, 1.165) is 24.2 Å². The van der Waals surface area contributed by atoms with Gasteiger partial charge in [-0.05, 0) is 18.8 Å². The summed E-state index contributed by atoms with van der Waals surface area (Å²) in [5.41, 5.74) is -0.929. The maximum atomic E-state index is 12.8. The van der Waals surface area contributed by atoms with Crippen molar-refractivity contribution in [2.24, 2.45) is 5.92 Å². The summed E-state index contributed by atoms with van der Waals surface area (Å²) >= 11 is 0. The van der Waals surface area contributed by atoms with Gasteiger partial charge in [0.05, 0.1) is 0 Å². The predicted octanol–water partition coefficient (Wildman–Crippen LogP) is -0.279. The highest BCUT2D eigenvalue weighted by atomic mass is 16.5. The van der Waals surface area contributed by atoms with Crippen LogP contribution in [0.4, 0.5) is 4.79 Å². The number of rotatable bonds is 4. The first-order valence-corrected chi connectivity index (χ1v) is 10.1. The number of nitrogens with zero attached hydrogens (tertiary/aromatic N) is 3. The van der Waals surface area contributed by atoms with E-state index in [0.29, 0.717) is 32.6 Å². The Labute approximate surface area is 169 Å². The highest BCUT2D eigenvalue weighted by Crippen LogP contribution is 2.38. The van der Waals surface area contributed by atoms with Crippen molar-refractivity contribution in [2.45, 2.75) is 45.1 Å². The first-order chi connectivity index (χ1) is 13.7. The Morgan fingerprint density at radius 1 is 1.10 bits per heavy atom. The first kappa shape index (κ1) is 21.1. The fourth-order valence-electron chi connectivity index (χ4n) is 4.32. The molecular weight excluding hydrogens is 380 g/mol. The van der Waals surface area contributed by atoms with E-state index in [2.05, 4.69) is 5.32 Å². The van der Waals surface area contributed by atoms with Gasteiger partial charge in [-0.1, -0.05) is 19.8 Å². The van der Waals surface area contributed by atoms with Crippen LogP contribution >= 0.6 is 0 Å². The van der Waals surface area contributed by atoms with Crippen molar-refractivity contribution >= 4 is 29.7 Å². The van der Waals surface area contributed by atoms with Crippen molar-refractivity contribution in [3.05, 3.63) is 0 Å². The van der Waals surface area contributed by atoms with Crippen LogP contribution < -0.4 is 5.32 Å². The van der Waals surface area contributed by atoms with E-state index in [1.807, 2.05) is 6.92 Å². The number of hydrogen-bond donors (Lipinski definition) is 1. The maximum Gasteiger partial charge on any atom is 0.326 e. The summed E-state index contributed by atoms with van der Waals surface area (Å²) in [5.74, 6) is -1.59. The second-order valence-corrected chi connectivity index (χ2v) is 7.99. The highest BCUT2D eigenvalue weighted by molar-refractivity contribution is 6.09. The molecular formula is C19H28N4O6. The van der Waals surface area contributed by atoms with Crippen LogP contribution in [0.5, 0.6) is 0 Å². The Kier molecular flexibility index (Phi) is 6.09. The summed E-state index contributed by atoms with van der Waals surface area (Å²) in [6, 6.07) is -0.590. The molecule has 0 aromatic rings. The predicted molar refractivity (Wildman–Crippen MR) is 100 cm³/mol. The molecule has 10 nitrogen and oxygen atoms in total. The smallest absolute Gasteiger partial charge is 0.326 e. The SMILES string of the molecule is CC(=O)N1CCN(C(=O)COC(=O)CN2C(=O)N[C@]3(CCCC[C@H]3C)C2=O)CC1. The van der Waals surface area contributed by atoms with Gasteiger partial charge in [0.2, 0.25) is 5.91 Å². The zero-order valence-electron chi connectivity index (χ0n) is 16.9. The average Bonchev–Trinajstić information content (AvgIpc) is 2.93. The lowest BCUT2D eigenvalue weighted by molar-refractivity contribution is -0.155. The van der Waals surface area contributed by atoms with Crippen LogP contribution in [-0.4, -0.2) is 89.3 Å². The number of carbonyl (C=O) groups excluding carboxylic acids is 5. The van der Waals surface area contributed by atoms with Gasteiger partial charge >= 0.3 is 12.0 Å². The monoisotopic (exact) mass is 408 g/mol. The lowest BCUT2D eigenvalue weighted by Crippen LogP contribution is -2.54. The van der Waals surface area contributed by atoms with Crippen LogP contribution in [-0.2, 0) is 23.9 Å². The number of imide groups is 1. The zero-order chi connectivity index (χ0) is 21.2. The number of hydrogen-bond acceptors (Lipinski definition) is 6. The number of carbonyl (C=O) groups is 5. The maximum absolute atomic E-state index is 12.8. The summed E-state index contributed by atoms with van der Waals surface area (Å²) in [7, 11) is 0. The van der Waals surface area contributed by atoms with Crippen LogP contribution in [0, 0.1) is 5.92 Å². The molecule has 1 saturated carbocycles. The molecule has 0 radical (unpaired) electrons. The van der Waals surface area contributed by atoms with E-state index in [1.165, 1.54) is 11.8 Å². The van der Waals surface area contributed by atoms with Gasteiger partial charge in [-0.15, -0.1) is 0 Å². The number of amides is 5. The van der Waals surface area contributed by atoms with Gasteiger partial charge in [-0.25, -0.2) is 4.79 Å². The number of nitrogens with one attached hydrogen (secondary N) is 1. The van der Waals surface area contributed by atoms with E-state index in [1.54, 1.807) is 4.90 Å². The number of ether oxygens (including phenoxy) is 1. The fraction of sp³-hybridized carbons (Fsp3) is 0.737. The molecule has 2 heterocycles. The second kappa shape index (κ2) is 8.38. The molecule has 29 heavy (non-hydrogen) atoms. The Bertz CT molecular complexity index is 717. The molecule has 0 unspecified atom stereocenters. The normalized spacial score (nSPS) is 27.2. The van der Waals surface area contributed by atoms with Gasteiger partial charge in [0, 0.05) is 33.1 Å². The standard InChI is InChI=1S/C19H28N4O6/c1-13-5-3-4-6-19(13)17(27)23(18(28)20-19)11-16(26)29-12-15(25)22-9-7-21(8-10-22)14(2)24/h13H,3-12H2,1-2H3,(H,20,28)/t13-,19+/m1/s1.